The van der Waals surface area contributed by atoms with E-state index in [9.17, 15) is 4.39 Å². The molecule has 0 saturated heterocycles. The summed E-state index contributed by atoms with van der Waals surface area (Å²) in [5, 5.41) is 0. The predicted octanol–water partition coefficient (Wildman–Crippen LogP) is 4.57. The second-order valence-corrected chi connectivity index (χ2v) is 4.78. The lowest BCUT2D eigenvalue weighted by molar-refractivity contribution is 0.479. The molecule has 0 aliphatic heterocycles. The number of halogens is 1. The van der Waals surface area contributed by atoms with Crippen LogP contribution in [0.1, 0.15) is 0 Å². The van der Waals surface area contributed by atoms with E-state index in [0.29, 0.717) is 17.2 Å². The predicted molar refractivity (Wildman–Crippen MR) is 86.2 cm³/mol. The van der Waals surface area contributed by atoms with Gasteiger partial charge in [0, 0.05) is 17.7 Å². The first-order valence-corrected chi connectivity index (χ1v) is 6.86. The van der Waals surface area contributed by atoms with Crippen LogP contribution in [0.2, 0.25) is 0 Å². The summed E-state index contributed by atoms with van der Waals surface area (Å²) in [4.78, 5) is 0. The van der Waals surface area contributed by atoms with E-state index >= 15 is 0 Å². The van der Waals surface area contributed by atoms with Gasteiger partial charge in [0.25, 0.3) is 0 Å². The Labute approximate surface area is 128 Å². The molecule has 3 aromatic rings. The Balaban J connectivity index is 1.98. The maximum atomic E-state index is 13.6. The van der Waals surface area contributed by atoms with Crippen LogP contribution < -0.4 is 16.0 Å². The molecule has 0 spiro atoms. The quantitative estimate of drug-likeness (QED) is 0.547. The van der Waals surface area contributed by atoms with Crippen LogP contribution in [-0.4, -0.2) is 0 Å². The van der Waals surface area contributed by atoms with Gasteiger partial charge in [-0.25, -0.2) is 4.39 Å². The van der Waals surface area contributed by atoms with E-state index in [2.05, 4.69) is 5.43 Å². The third kappa shape index (κ3) is 3.07. The minimum atomic E-state index is -0.414. The molecular weight excluding hydrogens is 279 g/mol. The zero-order valence-corrected chi connectivity index (χ0v) is 11.8. The number of para-hydroxylation sites is 1. The Hall–Kier alpha value is -2.85. The molecule has 110 valence electrons. The molecule has 3 N–H and O–H groups in total. The van der Waals surface area contributed by atoms with Crippen LogP contribution in [0.3, 0.4) is 0 Å². The molecule has 0 heterocycles. The first-order valence-electron chi connectivity index (χ1n) is 6.86. The molecule has 0 bridgehead atoms. The zero-order valence-electron chi connectivity index (χ0n) is 11.8. The Morgan fingerprint density at radius 3 is 2.36 bits per heavy atom. The number of anilines is 1. The molecular formula is C18H15FN2O. The van der Waals surface area contributed by atoms with Crippen molar-refractivity contribution in [3.63, 3.8) is 0 Å². The lowest BCUT2D eigenvalue weighted by Gasteiger charge is -2.12. The molecule has 0 unspecified atom stereocenters. The van der Waals surface area contributed by atoms with Gasteiger partial charge in [-0.15, -0.1) is 0 Å². The highest BCUT2D eigenvalue weighted by Gasteiger charge is 2.08. The second kappa shape index (κ2) is 6.28. The standard InChI is InChI=1S/C18H15FN2O/c19-14-10-15(21-20)12-16(11-14)22-18-9-5-4-8-17(18)13-6-2-1-3-7-13/h1-12,21H,20H2. The molecule has 0 aliphatic rings. The molecule has 0 radical (unpaired) electrons. The Bertz CT molecular complexity index is 775. The van der Waals surface area contributed by atoms with Crippen molar-refractivity contribution in [1.82, 2.24) is 0 Å². The third-order valence-electron chi connectivity index (χ3n) is 3.24. The number of hydrogen-bond donors (Lipinski definition) is 2. The number of hydrazine groups is 1. The average Bonchev–Trinajstić information content (AvgIpc) is 2.55. The highest BCUT2D eigenvalue weighted by Crippen LogP contribution is 2.34. The van der Waals surface area contributed by atoms with E-state index in [1.165, 1.54) is 12.1 Å². The number of rotatable bonds is 4. The van der Waals surface area contributed by atoms with E-state index < -0.39 is 5.82 Å². The smallest absolute Gasteiger partial charge is 0.135 e. The van der Waals surface area contributed by atoms with Crippen LogP contribution >= 0.6 is 0 Å². The van der Waals surface area contributed by atoms with E-state index in [1.807, 2.05) is 54.6 Å². The summed E-state index contributed by atoms with van der Waals surface area (Å²) in [5.74, 6) is 5.96. The maximum Gasteiger partial charge on any atom is 0.135 e. The topological polar surface area (TPSA) is 47.3 Å². The highest BCUT2D eigenvalue weighted by atomic mass is 19.1. The molecule has 3 nitrogen and oxygen atoms in total. The fourth-order valence-electron chi connectivity index (χ4n) is 2.24. The van der Waals surface area contributed by atoms with Crippen LogP contribution in [0.25, 0.3) is 11.1 Å². The van der Waals surface area contributed by atoms with Gasteiger partial charge in [-0.1, -0.05) is 48.5 Å². The summed E-state index contributed by atoms with van der Waals surface area (Å²) >= 11 is 0. The largest absolute Gasteiger partial charge is 0.457 e. The summed E-state index contributed by atoms with van der Waals surface area (Å²) in [7, 11) is 0. The summed E-state index contributed by atoms with van der Waals surface area (Å²) in [6.07, 6.45) is 0. The normalized spacial score (nSPS) is 10.3. The molecule has 0 atom stereocenters. The van der Waals surface area contributed by atoms with E-state index in [1.54, 1.807) is 6.07 Å². The number of hydrogen-bond acceptors (Lipinski definition) is 3. The van der Waals surface area contributed by atoms with Crippen LogP contribution in [0.15, 0.2) is 72.8 Å². The van der Waals surface area contributed by atoms with Crippen LogP contribution in [0.5, 0.6) is 11.5 Å². The lowest BCUT2D eigenvalue weighted by Crippen LogP contribution is -2.06. The molecule has 0 amide bonds. The van der Waals surface area contributed by atoms with Crippen molar-refractivity contribution in [2.75, 3.05) is 5.43 Å². The zero-order chi connectivity index (χ0) is 15.4. The maximum absolute atomic E-state index is 13.6. The van der Waals surface area contributed by atoms with Gasteiger partial charge in [-0.3, -0.25) is 5.84 Å². The molecule has 22 heavy (non-hydrogen) atoms. The summed E-state index contributed by atoms with van der Waals surface area (Å²) in [6.45, 7) is 0. The van der Waals surface area contributed by atoms with E-state index in [-0.39, 0.29) is 0 Å². The lowest BCUT2D eigenvalue weighted by atomic mass is 10.0. The van der Waals surface area contributed by atoms with Crippen LogP contribution in [0.4, 0.5) is 10.1 Å². The highest BCUT2D eigenvalue weighted by molar-refractivity contribution is 5.70. The fraction of sp³-hybridized carbons (Fsp3) is 0. The summed E-state index contributed by atoms with van der Waals surface area (Å²) in [6, 6.07) is 21.8. The third-order valence-corrected chi connectivity index (χ3v) is 3.24. The Morgan fingerprint density at radius 2 is 1.59 bits per heavy atom. The summed E-state index contributed by atoms with van der Waals surface area (Å²) < 4.78 is 19.4. The van der Waals surface area contributed by atoms with Gasteiger partial charge in [-0.2, -0.15) is 0 Å². The van der Waals surface area contributed by atoms with Gasteiger partial charge in [0.05, 0.1) is 5.69 Å². The van der Waals surface area contributed by atoms with Gasteiger partial charge in [0.2, 0.25) is 0 Å². The van der Waals surface area contributed by atoms with Crippen LogP contribution in [-0.2, 0) is 0 Å². The van der Waals surface area contributed by atoms with Crippen molar-refractivity contribution in [2.45, 2.75) is 0 Å². The number of benzene rings is 3. The van der Waals surface area contributed by atoms with Gasteiger partial charge >= 0.3 is 0 Å². The monoisotopic (exact) mass is 294 g/mol. The molecule has 4 heteroatoms. The summed E-state index contributed by atoms with van der Waals surface area (Å²) in [5.41, 5.74) is 4.84. The first-order chi connectivity index (χ1) is 10.8. The number of nitrogens with one attached hydrogen (secondary N) is 1. The fourth-order valence-corrected chi connectivity index (χ4v) is 2.24. The van der Waals surface area contributed by atoms with Crippen molar-refractivity contribution < 1.29 is 9.13 Å². The SMILES string of the molecule is NNc1cc(F)cc(Oc2ccccc2-c2ccccc2)c1. The number of nitrogen functional groups attached to an aromatic ring is 1. The van der Waals surface area contributed by atoms with Gasteiger partial charge < -0.3 is 10.2 Å². The Morgan fingerprint density at radius 1 is 0.864 bits per heavy atom. The van der Waals surface area contributed by atoms with Gasteiger partial charge in [0.15, 0.2) is 0 Å². The molecule has 0 aromatic heterocycles. The van der Waals surface area contributed by atoms with Crippen molar-refractivity contribution in [2.24, 2.45) is 5.84 Å². The minimum Gasteiger partial charge on any atom is -0.457 e. The van der Waals surface area contributed by atoms with Crippen molar-refractivity contribution in [3.05, 3.63) is 78.6 Å². The van der Waals surface area contributed by atoms with Gasteiger partial charge in [0.1, 0.15) is 17.3 Å². The minimum absolute atomic E-state index is 0.385. The van der Waals surface area contributed by atoms with Crippen molar-refractivity contribution in [1.29, 1.82) is 0 Å². The molecule has 0 saturated carbocycles. The number of nitrogens with two attached hydrogens (primary N) is 1. The Kier molecular flexibility index (Phi) is 4.03. The van der Waals surface area contributed by atoms with Crippen LogP contribution in [0, 0.1) is 5.82 Å². The van der Waals surface area contributed by atoms with Crippen molar-refractivity contribution >= 4 is 5.69 Å². The molecule has 3 rings (SSSR count). The number of ether oxygens (including phenoxy) is 1. The van der Waals surface area contributed by atoms with E-state index in [0.717, 1.165) is 11.1 Å². The molecule has 0 aliphatic carbocycles. The second-order valence-electron chi connectivity index (χ2n) is 4.78. The van der Waals surface area contributed by atoms with Gasteiger partial charge in [-0.05, 0) is 17.7 Å². The average molecular weight is 294 g/mol. The first kappa shape index (κ1) is 14.1. The molecule has 0 fully saturated rings. The molecule has 3 aromatic carbocycles. The van der Waals surface area contributed by atoms with E-state index in [4.69, 9.17) is 10.6 Å². The van der Waals surface area contributed by atoms with Crippen molar-refractivity contribution in [3.8, 4) is 22.6 Å².